The second kappa shape index (κ2) is 3.73. The summed E-state index contributed by atoms with van der Waals surface area (Å²) < 4.78 is 5.24. The van der Waals surface area contributed by atoms with Crippen molar-refractivity contribution in [3.8, 4) is 0 Å². The van der Waals surface area contributed by atoms with E-state index < -0.39 is 5.60 Å². The predicted octanol–water partition coefficient (Wildman–Crippen LogP) is 0.369. The molecule has 0 aliphatic carbocycles. The van der Waals surface area contributed by atoms with Gasteiger partial charge in [0.1, 0.15) is 0 Å². The third-order valence-electron chi connectivity index (χ3n) is 2.96. The van der Waals surface area contributed by atoms with Gasteiger partial charge in [-0.2, -0.15) is 0 Å². The fourth-order valence-electron chi connectivity index (χ4n) is 1.80. The Morgan fingerprint density at radius 3 is 2.67 bits per heavy atom. The van der Waals surface area contributed by atoms with Gasteiger partial charge in [-0.3, -0.25) is 0 Å². The van der Waals surface area contributed by atoms with E-state index in [0.717, 1.165) is 13.0 Å². The summed E-state index contributed by atoms with van der Waals surface area (Å²) in [7, 11) is 0. The number of hydrogen-bond acceptors (Lipinski definition) is 3. The minimum absolute atomic E-state index is 0.203. The SMILES string of the molecule is CC(C)C(O)(CN)C1CCOC1. The maximum Gasteiger partial charge on any atom is 0.0842 e. The summed E-state index contributed by atoms with van der Waals surface area (Å²) in [6.07, 6.45) is 0.936. The minimum atomic E-state index is -0.726. The van der Waals surface area contributed by atoms with E-state index in [2.05, 4.69) is 0 Å². The van der Waals surface area contributed by atoms with Gasteiger partial charge in [0.2, 0.25) is 0 Å². The van der Waals surface area contributed by atoms with Crippen molar-refractivity contribution >= 4 is 0 Å². The van der Waals surface area contributed by atoms with Crippen LogP contribution in [0.15, 0.2) is 0 Å². The summed E-state index contributed by atoms with van der Waals surface area (Å²) in [5, 5.41) is 10.2. The first-order chi connectivity index (χ1) is 5.61. The second-order valence-corrected chi connectivity index (χ2v) is 3.91. The molecule has 12 heavy (non-hydrogen) atoms. The second-order valence-electron chi connectivity index (χ2n) is 3.91. The van der Waals surface area contributed by atoms with Crippen LogP contribution < -0.4 is 5.73 Å². The van der Waals surface area contributed by atoms with Crippen LogP contribution in [0.5, 0.6) is 0 Å². The van der Waals surface area contributed by atoms with Crippen molar-refractivity contribution in [1.29, 1.82) is 0 Å². The number of aliphatic hydroxyl groups is 1. The van der Waals surface area contributed by atoms with Crippen molar-refractivity contribution in [3.05, 3.63) is 0 Å². The van der Waals surface area contributed by atoms with Crippen LogP contribution in [-0.4, -0.2) is 30.5 Å². The topological polar surface area (TPSA) is 55.5 Å². The van der Waals surface area contributed by atoms with Crippen molar-refractivity contribution in [2.45, 2.75) is 25.9 Å². The zero-order valence-electron chi connectivity index (χ0n) is 7.92. The van der Waals surface area contributed by atoms with Crippen molar-refractivity contribution in [2.24, 2.45) is 17.6 Å². The average molecular weight is 173 g/mol. The smallest absolute Gasteiger partial charge is 0.0842 e. The molecule has 3 N–H and O–H groups in total. The predicted molar refractivity (Wildman–Crippen MR) is 47.8 cm³/mol. The molecule has 0 aromatic heterocycles. The molecule has 1 rings (SSSR count). The van der Waals surface area contributed by atoms with Crippen molar-refractivity contribution in [2.75, 3.05) is 19.8 Å². The molecule has 0 aromatic rings. The summed E-state index contributed by atoms with van der Waals surface area (Å²) >= 11 is 0. The number of rotatable bonds is 3. The molecule has 2 atom stereocenters. The van der Waals surface area contributed by atoms with Crippen LogP contribution in [0.4, 0.5) is 0 Å². The Kier molecular flexibility index (Phi) is 3.09. The van der Waals surface area contributed by atoms with Gasteiger partial charge in [-0.25, -0.2) is 0 Å². The van der Waals surface area contributed by atoms with E-state index in [1.807, 2.05) is 13.8 Å². The van der Waals surface area contributed by atoms with Crippen molar-refractivity contribution in [1.82, 2.24) is 0 Å². The summed E-state index contributed by atoms with van der Waals surface area (Å²) in [6, 6.07) is 0. The van der Waals surface area contributed by atoms with Crippen molar-refractivity contribution in [3.63, 3.8) is 0 Å². The van der Waals surface area contributed by atoms with Gasteiger partial charge < -0.3 is 15.6 Å². The normalized spacial score (nSPS) is 29.2. The molecule has 0 aromatic carbocycles. The van der Waals surface area contributed by atoms with Gasteiger partial charge in [0.15, 0.2) is 0 Å². The van der Waals surface area contributed by atoms with Gasteiger partial charge in [0.05, 0.1) is 12.2 Å². The first-order valence-electron chi connectivity index (χ1n) is 4.61. The Bertz CT molecular complexity index is 143. The van der Waals surface area contributed by atoms with Gasteiger partial charge in [0, 0.05) is 19.1 Å². The molecule has 1 fully saturated rings. The highest BCUT2D eigenvalue weighted by molar-refractivity contribution is 4.91. The molecule has 0 saturated carbocycles. The third-order valence-corrected chi connectivity index (χ3v) is 2.96. The highest BCUT2D eigenvalue weighted by atomic mass is 16.5. The van der Waals surface area contributed by atoms with E-state index >= 15 is 0 Å². The van der Waals surface area contributed by atoms with E-state index in [1.54, 1.807) is 0 Å². The molecule has 0 bridgehead atoms. The number of nitrogens with two attached hydrogens (primary N) is 1. The largest absolute Gasteiger partial charge is 0.388 e. The van der Waals surface area contributed by atoms with E-state index in [9.17, 15) is 5.11 Å². The Hall–Kier alpha value is -0.120. The summed E-state index contributed by atoms with van der Waals surface area (Å²) in [4.78, 5) is 0. The Morgan fingerprint density at radius 1 is 1.67 bits per heavy atom. The lowest BCUT2D eigenvalue weighted by Crippen LogP contribution is -2.49. The van der Waals surface area contributed by atoms with E-state index in [1.165, 1.54) is 0 Å². The molecule has 2 unspecified atom stereocenters. The number of hydrogen-bond donors (Lipinski definition) is 2. The fraction of sp³-hybridized carbons (Fsp3) is 1.00. The van der Waals surface area contributed by atoms with E-state index in [4.69, 9.17) is 10.5 Å². The molecular formula is C9H19NO2. The van der Waals surface area contributed by atoms with Crippen LogP contribution in [0, 0.1) is 11.8 Å². The highest BCUT2D eigenvalue weighted by Crippen LogP contribution is 2.31. The van der Waals surface area contributed by atoms with Crippen LogP contribution in [0.25, 0.3) is 0 Å². The van der Waals surface area contributed by atoms with Gasteiger partial charge in [-0.1, -0.05) is 13.8 Å². The summed E-state index contributed by atoms with van der Waals surface area (Å²) in [5.41, 5.74) is 4.86. The zero-order valence-corrected chi connectivity index (χ0v) is 7.92. The molecule has 1 saturated heterocycles. The molecule has 0 spiro atoms. The summed E-state index contributed by atoms with van der Waals surface area (Å²) in [5.74, 6) is 0.427. The highest BCUT2D eigenvalue weighted by Gasteiger charge is 2.40. The molecule has 3 heteroatoms. The molecule has 0 radical (unpaired) electrons. The van der Waals surface area contributed by atoms with E-state index in [0.29, 0.717) is 13.2 Å². The number of ether oxygens (including phenoxy) is 1. The van der Waals surface area contributed by atoms with Crippen LogP contribution in [0.2, 0.25) is 0 Å². The lowest BCUT2D eigenvalue weighted by Gasteiger charge is -2.35. The minimum Gasteiger partial charge on any atom is -0.388 e. The van der Waals surface area contributed by atoms with Crippen LogP contribution in [0.1, 0.15) is 20.3 Å². The molecule has 72 valence electrons. The fourth-order valence-corrected chi connectivity index (χ4v) is 1.80. The van der Waals surface area contributed by atoms with Crippen LogP contribution >= 0.6 is 0 Å². The van der Waals surface area contributed by atoms with Gasteiger partial charge >= 0.3 is 0 Å². The standard InChI is InChI=1S/C9H19NO2/c1-7(2)9(11,6-10)8-3-4-12-5-8/h7-8,11H,3-6,10H2,1-2H3. The first kappa shape index (κ1) is 9.96. The lowest BCUT2D eigenvalue weighted by molar-refractivity contribution is -0.0520. The maximum absolute atomic E-state index is 10.2. The van der Waals surface area contributed by atoms with Gasteiger partial charge in [-0.15, -0.1) is 0 Å². The summed E-state index contributed by atoms with van der Waals surface area (Å²) in [6.45, 7) is 5.76. The average Bonchev–Trinajstić information content (AvgIpc) is 2.54. The van der Waals surface area contributed by atoms with Crippen molar-refractivity contribution < 1.29 is 9.84 Å². The molecule has 1 aliphatic rings. The van der Waals surface area contributed by atoms with Gasteiger partial charge in [-0.05, 0) is 12.3 Å². The molecule has 0 amide bonds. The Morgan fingerprint density at radius 2 is 2.33 bits per heavy atom. The molecule has 3 nitrogen and oxygen atoms in total. The Balaban J connectivity index is 2.64. The van der Waals surface area contributed by atoms with Gasteiger partial charge in [0.25, 0.3) is 0 Å². The maximum atomic E-state index is 10.2. The molecular weight excluding hydrogens is 154 g/mol. The monoisotopic (exact) mass is 173 g/mol. The molecule has 1 aliphatic heterocycles. The third kappa shape index (κ3) is 1.63. The molecule has 1 heterocycles. The quantitative estimate of drug-likeness (QED) is 0.648. The zero-order chi connectivity index (χ0) is 9.19. The Labute approximate surface area is 73.9 Å². The van der Waals surface area contributed by atoms with Crippen LogP contribution in [-0.2, 0) is 4.74 Å². The van der Waals surface area contributed by atoms with Crippen LogP contribution in [0.3, 0.4) is 0 Å². The van der Waals surface area contributed by atoms with E-state index in [-0.39, 0.29) is 11.8 Å². The lowest BCUT2D eigenvalue weighted by atomic mass is 9.78. The first-order valence-corrected chi connectivity index (χ1v) is 4.61.